The second kappa shape index (κ2) is 9.41. The van der Waals surface area contributed by atoms with Gasteiger partial charge in [-0.2, -0.15) is 0 Å². The second-order valence-corrected chi connectivity index (χ2v) is 6.73. The van der Waals surface area contributed by atoms with Gasteiger partial charge in [0.1, 0.15) is 5.01 Å². The molecule has 6 nitrogen and oxygen atoms in total. The van der Waals surface area contributed by atoms with Crippen molar-refractivity contribution in [1.82, 2.24) is 15.2 Å². The minimum Gasteiger partial charge on any atom is -0.454 e. The van der Waals surface area contributed by atoms with E-state index in [0.29, 0.717) is 6.42 Å². The van der Waals surface area contributed by atoms with E-state index in [1.54, 1.807) is 11.3 Å². The molecule has 4 rings (SSSR count). The summed E-state index contributed by atoms with van der Waals surface area (Å²) in [5.41, 5.74) is 1.82. The molecular formula is C17H21Cl2N3O3S. The van der Waals surface area contributed by atoms with Crippen LogP contribution in [0, 0.1) is 0 Å². The lowest BCUT2D eigenvalue weighted by molar-refractivity contribution is -0.130. The minimum absolute atomic E-state index is 0. The lowest BCUT2D eigenvalue weighted by Gasteiger charge is -2.19. The molecule has 0 bridgehead atoms. The maximum atomic E-state index is 12.4. The number of hydrogen-bond donors (Lipinski definition) is 1. The van der Waals surface area contributed by atoms with E-state index in [2.05, 4.69) is 10.3 Å². The molecule has 1 aromatic carbocycles. The molecule has 2 aliphatic heterocycles. The highest BCUT2D eigenvalue weighted by atomic mass is 35.5. The molecule has 26 heavy (non-hydrogen) atoms. The van der Waals surface area contributed by atoms with Crippen molar-refractivity contribution in [3.05, 3.63) is 29.3 Å². The fourth-order valence-electron chi connectivity index (χ4n) is 2.91. The largest absolute Gasteiger partial charge is 0.454 e. The maximum Gasteiger partial charge on any atom is 0.231 e. The monoisotopic (exact) mass is 417 g/mol. The van der Waals surface area contributed by atoms with Crippen molar-refractivity contribution in [1.29, 1.82) is 0 Å². The number of aromatic nitrogens is 1. The van der Waals surface area contributed by atoms with E-state index < -0.39 is 0 Å². The zero-order chi connectivity index (χ0) is 16.4. The molecule has 3 heterocycles. The molecule has 0 spiro atoms. The molecular weight excluding hydrogens is 397 g/mol. The van der Waals surface area contributed by atoms with Gasteiger partial charge in [0.2, 0.25) is 12.7 Å². The van der Waals surface area contributed by atoms with Gasteiger partial charge in [-0.1, -0.05) is 0 Å². The summed E-state index contributed by atoms with van der Waals surface area (Å²) in [6, 6.07) is 5.81. The van der Waals surface area contributed by atoms with Crippen LogP contribution in [-0.2, 0) is 11.2 Å². The van der Waals surface area contributed by atoms with Gasteiger partial charge in [0, 0.05) is 30.6 Å². The van der Waals surface area contributed by atoms with E-state index in [-0.39, 0.29) is 37.5 Å². The van der Waals surface area contributed by atoms with Crippen LogP contribution >= 0.6 is 36.2 Å². The fraction of sp³-hybridized carbons (Fsp3) is 0.412. The number of rotatable bonds is 3. The van der Waals surface area contributed by atoms with Crippen LogP contribution in [0.15, 0.2) is 23.6 Å². The van der Waals surface area contributed by atoms with Gasteiger partial charge in [0.05, 0.1) is 12.1 Å². The first-order valence-corrected chi connectivity index (χ1v) is 9.00. The van der Waals surface area contributed by atoms with Gasteiger partial charge in [-0.3, -0.25) is 4.79 Å². The average Bonchev–Trinajstić information content (AvgIpc) is 3.16. The molecule has 1 amide bonds. The van der Waals surface area contributed by atoms with E-state index in [4.69, 9.17) is 9.47 Å². The van der Waals surface area contributed by atoms with Crippen LogP contribution in [0.4, 0.5) is 0 Å². The van der Waals surface area contributed by atoms with Crippen LogP contribution in [0.3, 0.4) is 0 Å². The van der Waals surface area contributed by atoms with Gasteiger partial charge >= 0.3 is 0 Å². The summed E-state index contributed by atoms with van der Waals surface area (Å²) in [6.07, 6.45) is 1.37. The molecule has 9 heteroatoms. The number of benzene rings is 1. The number of amides is 1. The molecule has 142 valence electrons. The highest BCUT2D eigenvalue weighted by Gasteiger charge is 2.18. The third-order valence-corrected chi connectivity index (χ3v) is 5.14. The van der Waals surface area contributed by atoms with Gasteiger partial charge in [0.15, 0.2) is 11.5 Å². The summed E-state index contributed by atoms with van der Waals surface area (Å²) in [5.74, 6) is 1.67. The van der Waals surface area contributed by atoms with Crippen LogP contribution in [0.1, 0.15) is 12.1 Å². The van der Waals surface area contributed by atoms with Crippen LogP contribution < -0.4 is 14.8 Å². The van der Waals surface area contributed by atoms with Gasteiger partial charge in [-0.15, -0.1) is 36.2 Å². The van der Waals surface area contributed by atoms with Crippen LogP contribution in [-0.4, -0.2) is 48.8 Å². The Morgan fingerprint density at radius 2 is 2.04 bits per heavy atom. The van der Waals surface area contributed by atoms with Crippen molar-refractivity contribution in [3.63, 3.8) is 0 Å². The minimum atomic E-state index is 0. The summed E-state index contributed by atoms with van der Waals surface area (Å²) in [5, 5.41) is 6.18. The predicted octanol–water partition coefficient (Wildman–Crippen LogP) is 2.75. The summed E-state index contributed by atoms with van der Waals surface area (Å²) in [4.78, 5) is 19.0. The Kier molecular flexibility index (Phi) is 7.52. The van der Waals surface area contributed by atoms with Gasteiger partial charge in [0.25, 0.3) is 0 Å². The number of carbonyl (C=O) groups is 1. The van der Waals surface area contributed by atoms with Crippen LogP contribution in [0.25, 0.3) is 10.6 Å². The molecule has 0 radical (unpaired) electrons. The van der Waals surface area contributed by atoms with Gasteiger partial charge in [-0.25, -0.2) is 4.98 Å². The number of hydrogen-bond acceptors (Lipinski definition) is 6. The highest BCUT2D eigenvalue weighted by Crippen LogP contribution is 2.36. The Morgan fingerprint density at radius 1 is 1.19 bits per heavy atom. The van der Waals surface area contributed by atoms with Crippen molar-refractivity contribution in [3.8, 4) is 22.1 Å². The number of ether oxygens (including phenoxy) is 2. The Bertz CT molecular complexity index is 749. The lowest BCUT2D eigenvalue weighted by Crippen LogP contribution is -2.35. The van der Waals surface area contributed by atoms with Crippen molar-refractivity contribution in [2.75, 3.05) is 33.0 Å². The standard InChI is InChI=1S/C17H19N3O3S.2ClH/c21-16(20-6-1-4-18-5-7-20)9-13-10-24-17(19-13)12-2-3-14-15(8-12)23-11-22-14;;/h2-3,8,10,18H,1,4-7,9,11H2;2*1H. The summed E-state index contributed by atoms with van der Waals surface area (Å²) < 4.78 is 10.7. The Labute approximate surface area is 168 Å². The molecule has 1 saturated heterocycles. The molecule has 0 aliphatic carbocycles. The van der Waals surface area contributed by atoms with Crippen molar-refractivity contribution >= 4 is 42.1 Å². The van der Waals surface area contributed by atoms with E-state index in [9.17, 15) is 4.79 Å². The van der Waals surface area contributed by atoms with E-state index >= 15 is 0 Å². The van der Waals surface area contributed by atoms with E-state index in [0.717, 1.165) is 60.4 Å². The first-order chi connectivity index (χ1) is 11.8. The third-order valence-electron chi connectivity index (χ3n) is 4.20. The quantitative estimate of drug-likeness (QED) is 0.831. The smallest absolute Gasteiger partial charge is 0.231 e. The first kappa shape index (κ1) is 20.8. The molecule has 2 aliphatic rings. The maximum absolute atomic E-state index is 12.4. The molecule has 1 N–H and O–H groups in total. The number of thiazole rings is 1. The lowest BCUT2D eigenvalue weighted by atomic mass is 10.2. The van der Waals surface area contributed by atoms with Gasteiger partial charge in [-0.05, 0) is 31.2 Å². The highest BCUT2D eigenvalue weighted by molar-refractivity contribution is 7.13. The predicted molar refractivity (Wildman–Crippen MR) is 106 cm³/mol. The molecule has 1 fully saturated rings. The van der Waals surface area contributed by atoms with Crippen LogP contribution in [0.5, 0.6) is 11.5 Å². The number of nitrogens with zero attached hydrogens (tertiary/aromatic N) is 2. The Morgan fingerprint density at radius 3 is 2.92 bits per heavy atom. The molecule has 0 atom stereocenters. The molecule has 0 saturated carbocycles. The van der Waals surface area contributed by atoms with E-state index in [1.165, 1.54) is 0 Å². The number of carbonyl (C=O) groups excluding carboxylic acids is 1. The fourth-order valence-corrected chi connectivity index (χ4v) is 3.73. The van der Waals surface area contributed by atoms with Crippen molar-refractivity contribution in [2.24, 2.45) is 0 Å². The van der Waals surface area contributed by atoms with Crippen molar-refractivity contribution in [2.45, 2.75) is 12.8 Å². The van der Waals surface area contributed by atoms with Crippen molar-refractivity contribution < 1.29 is 14.3 Å². The molecule has 0 unspecified atom stereocenters. The topological polar surface area (TPSA) is 63.7 Å². The second-order valence-electron chi connectivity index (χ2n) is 5.87. The van der Waals surface area contributed by atoms with Crippen LogP contribution in [0.2, 0.25) is 0 Å². The molecule has 2 aromatic rings. The normalized spacial score (nSPS) is 15.6. The molecule has 1 aromatic heterocycles. The SMILES string of the molecule is Cl.Cl.O=C(Cc1csc(-c2ccc3c(c2)OCO3)n1)N1CCCNCC1. The zero-order valence-corrected chi connectivity index (χ0v) is 16.6. The van der Waals surface area contributed by atoms with Gasteiger partial charge < -0.3 is 19.7 Å². The summed E-state index contributed by atoms with van der Waals surface area (Å²) in [6.45, 7) is 3.71. The van der Waals surface area contributed by atoms with E-state index in [1.807, 2.05) is 28.5 Å². The average molecular weight is 418 g/mol. The number of halogens is 2. The third kappa shape index (κ3) is 4.59. The zero-order valence-electron chi connectivity index (χ0n) is 14.1. The first-order valence-electron chi connectivity index (χ1n) is 8.12. The Balaban J connectivity index is 0.00000121. The summed E-state index contributed by atoms with van der Waals surface area (Å²) >= 11 is 1.55. The Hall–Kier alpha value is -1.54. The number of fused-ring (bicyclic) bond motifs is 1. The number of nitrogens with one attached hydrogen (secondary N) is 1. The summed E-state index contributed by atoms with van der Waals surface area (Å²) in [7, 11) is 0.